The van der Waals surface area contributed by atoms with Gasteiger partial charge in [0.05, 0.1) is 0 Å². The molecule has 2 nitrogen and oxygen atoms in total. The van der Waals surface area contributed by atoms with Gasteiger partial charge in [-0.15, -0.1) is 0 Å². The van der Waals surface area contributed by atoms with Crippen molar-refractivity contribution in [2.24, 2.45) is 0 Å². The van der Waals surface area contributed by atoms with Gasteiger partial charge >= 0.3 is 5.97 Å². The molecule has 0 aromatic rings. The highest BCUT2D eigenvalue weighted by Gasteiger charge is 1.96. The van der Waals surface area contributed by atoms with E-state index in [9.17, 15) is 4.79 Å². The molecule has 0 amide bonds. The van der Waals surface area contributed by atoms with Crippen molar-refractivity contribution < 1.29 is 9.90 Å². The SMILES string of the molecule is O=C(O)CCCCCCCCCC=S. The fourth-order valence-electron chi connectivity index (χ4n) is 1.39. The fraction of sp³-hybridized carbons (Fsp3) is 0.818. The van der Waals surface area contributed by atoms with Gasteiger partial charge < -0.3 is 5.11 Å². The van der Waals surface area contributed by atoms with Gasteiger partial charge in [0.25, 0.3) is 0 Å². The molecule has 0 aromatic carbocycles. The first-order valence-corrected chi connectivity index (χ1v) is 5.90. The minimum absolute atomic E-state index is 0.324. The molecule has 0 heterocycles. The highest BCUT2D eigenvalue weighted by Crippen LogP contribution is 2.09. The van der Waals surface area contributed by atoms with E-state index in [4.69, 9.17) is 17.3 Å². The van der Waals surface area contributed by atoms with Crippen LogP contribution in [-0.2, 0) is 4.79 Å². The van der Waals surface area contributed by atoms with Crippen LogP contribution in [0.4, 0.5) is 0 Å². The number of aliphatic carboxylic acids is 1. The minimum atomic E-state index is -0.675. The third-order valence-corrected chi connectivity index (χ3v) is 2.45. The quantitative estimate of drug-likeness (QED) is 0.448. The third kappa shape index (κ3) is 11.6. The Balaban J connectivity index is 2.92. The summed E-state index contributed by atoms with van der Waals surface area (Å²) in [5.41, 5.74) is 0. The number of hydrogen-bond donors (Lipinski definition) is 1. The molecule has 0 radical (unpaired) electrons. The maximum Gasteiger partial charge on any atom is 0.303 e. The van der Waals surface area contributed by atoms with E-state index >= 15 is 0 Å². The first-order chi connectivity index (χ1) is 6.77. The number of rotatable bonds is 10. The van der Waals surface area contributed by atoms with Crippen LogP contribution >= 0.6 is 12.2 Å². The maximum atomic E-state index is 10.2. The number of unbranched alkanes of at least 4 members (excludes halogenated alkanes) is 7. The summed E-state index contributed by atoms with van der Waals surface area (Å²) in [6.45, 7) is 0. The van der Waals surface area contributed by atoms with Crippen LogP contribution in [0.1, 0.15) is 57.8 Å². The van der Waals surface area contributed by atoms with Crippen LogP contribution < -0.4 is 0 Å². The van der Waals surface area contributed by atoms with E-state index in [2.05, 4.69) is 0 Å². The number of hydrogen-bond acceptors (Lipinski definition) is 2. The van der Waals surface area contributed by atoms with Crippen molar-refractivity contribution in [3.05, 3.63) is 0 Å². The van der Waals surface area contributed by atoms with Gasteiger partial charge in [0.2, 0.25) is 0 Å². The van der Waals surface area contributed by atoms with Crippen molar-refractivity contribution in [2.45, 2.75) is 57.8 Å². The van der Waals surface area contributed by atoms with Crippen LogP contribution in [0.5, 0.6) is 0 Å². The first-order valence-electron chi connectivity index (χ1n) is 5.43. The topological polar surface area (TPSA) is 37.3 Å². The Morgan fingerprint density at radius 3 is 2.00 bits per heavy atom. The van der Waals surface area contributed by atoms with Gasteiger partial charge in [-0.25, -0.2) is 0 Å². The van der Waals surface area contributed by atoms with E-state index in [-0.39, 0.29) is 0 Å². The van der Waals surface area contributed by atoms with E-state index < -0.39 is 5.97 Å². The number of carboxylic acid groups (broad SMARTS) is 1. The van der Waals surface area contributed by atoms with Gasteiger partial charge in [-0.3, -0.25) is 4.79 Å². The predicted octanol–water partition coefficient (Wildman–Crippen LogP) is 3.58. The lowest BCUT2D eigenvalue weighted by Gasteiger charge is -1.99. The number of carbonyl (C=O) groups is 1. The van der Waals surface area contributed by atoms with Crippen molar-refractivity contribution in [1.82, 2.24) is 0 Å². The van der Waals surface area contributed by atoms with Gasteiger partial charge in [0, 0.05) is 6.42 Å². The lowest BCUT2D eigenvalue weighted by atomic mass is 10.1. The molecule has 0 saturated heterocycles. The molecule has 82 valence electrons. The minimum Gasteiger partial charge on any atom is -0.481 e. The Bertz CT molecular complexity index is 157. The van der Waals surface area contributed by atoms with Crippen LogP contribution in [0.25, 0.3) is 0 Å². The second-order valence-electron chi connectivity index (χ2n) is 3.57. The van der Waals surface area contributed by atoms with Gasteiger partial charge in [0.15, 0.2) is 0 Å². The molecule has 1 N–H and O–H groups in total. The zero-order valence-corrected chi connectivity index (χ0v) is 9.52. The second-order valence-corrected chi connectivity index (χ2v) is 3.91. The largest absolute Gasteiger partial charge is 0.481 e. The van der Waals surface area contributed by atoms with Gasteiger partial charge in [-0.05, 0) is 24.6 Å². The molecule has 14 heavy (non-hydrogen) atoms. The van der Waals surface area contributed by atoms with Gasteiger partial charge in [0.1, 0.15) is 0 Å². The van der Waals surface area contributed by atoms with E-state index in [1.165, 1.54) is 32.1 Å². The fourth-order valence-corrected chi connectivity index (χ4v) is 1.55. The highest BCUT2D eigenvalue weighted by molar-refractivity contribution is 7.78. The smallest absolute Gasteiger partial charge is 0.303 e. The Hall–Kier alpha value is -0.440. The molecule has 0 aromatic heterocycles. The molecular weight excluding hydrogens is 196 g/mol. The Labute approximate surface area is 91.7 Å². The third-order valence-electron chi connectivity index (χ3n) is 2.21. The molecule has 0 aliphatic heterocycles. The molecule has 3 heteroatoms. The number of thiocarbonyl (C=S) groups is 1. The lowest BCUT2D eigenvalue weighted by molar-refractivity contribution is -0.137. The molecule has 0 bridgehead atoms. The summed E-state index contributed by atoms with van der Waals surface area (Å²) < 4.78 is 0. The average Bonchev–Trinajstić information content (AvgIpc) is 2.15. The molecule has 0 spiro atoms. The van der Waals surface area contributed by atoms with Crippen LogP contribution in [-0.4, -0.2) is 16.4 Å². The van der Waals surface area contributed by atoms with Crippen molar-refractivity contribution in [2.75, 3.05) is 0 Å². The zero-order valence-electron chi connectivity index (χ0n) is 8.71. The Morgan fingerprint density at radius 2 is 1.50 bits per heavy atom. The van der Waals surface area contributed by atoms with Crippen LogP contribution in [0.2, 0.25) is 0 Å². The zero-order chi connectivity index (χ0) is 10.6. The highest BCUT2D eigenvalue weighted by atomic mass is 32.1. The summed E-state index contributed by atoms with van der Waals surface area (Å²) in [6.07, 6.45) is 9.39. The monoisotopic (exact) mass is 216 g/mol. The molecular formula is C11H20O2S. The van der Waals surface area contributed by atoms with E-state index in [0.29, 0.717) is 6.42 Å². The van der Waals surface area contributed by atoms with E-state index in [0.717, 1.165) is 19.3 Å². The normalized spacial score (nSPS) is 10.0. The summed E-state index contributed by atoms with van der Waals surface area (Å²) >= 11 is 4.73. The molecule has 0 unspecified atom stereocenters. The molecule has 0 saturated carbocycles. The van der Waals surface area contributed by atoms with Crippen LogP contribution in [0, 0.1) is 0 Å². The van der Waals surface area contributed by atoms with Crippen molar-refractivity contribution in [3.8, 4) is 0 Å². The summed E-state index contributed by atoms with van der Waals surface area (Å²) in [5.74, 6) is -0.675. The van der Waals surface area contributed by atoms with Crippen LogP contribution in [0.3, 0.4) is 0 Å². The molecule has 0 aliphatic rings. The maximum absolute atomic E-state index is 10.2. The van der Waals surface area contributed by atoms with Gasteiger partial charge in [-0.1, -0.05) is 44.3 Å². The summed E-state index contributed by atoms with van der Waals surface area (Å²) in [7, 11) is 0. The molecule has 0 atom stereocenters. The lowest BCUT2D eigenvalue weighted by Crippen LogP contribution is -1.93. The van der Waals surface area contributed by atoms with E-state index in [1.807, 2.05) is 0 Å². The summed E-state index contributed by atoms with van der Waals surface area (Å²) in [5, 5.41) is 10.2. The Morgan fingerprint density at radius 1 is 1.00 bits per heavy atom. The summed E-state index contributed by atoms with van der Waals surface area (Å²) in [4.78, 5) is 10.2. The van der Waals surface area contributed by atoms with E-state index in [1.54, 1.807) is 5.37 Å². The second kappa shape index (κ2) is 10.6. The Kier molecular flexibility index (Phi) is 10.3. The molecule has 0 fully saturated rings. The van der Waals surface area contributed by atoms with Crippen molar-refractivity contribution in [1.29, 1.82) is 0 Å². The standard InChI is InChI=1S/C11H20O2S/c12-11(13)9-7-5-3-1-2-4-6-8-10-14/h10H,1-9H2,(H,12,13). The number of carboxylic acids is 1. The molecule has 0 aliphatic carbocycles. The van der Waals surface area contributed by atoms with Crippen LogP contribution in [0.15, 0.2) is 0 Å². The van der Waals surface area contributed by atoms with Crippen molar-refractivity contribution in [3.63, 3.8) is 0 Å². The average molecular weight is 216 g/mol. The van der Waals surface area contributed by atoms with Crippen molar-refractivity contribution >= 4 is 23.6 Å². The van der Waals surface area contributed by atoms with Gasteiger partial charge in [-0.2, -0.15) is 0 Å². The summed E-state index contributed by atoms with van der Waals surface area (Å²) in [6, 6.07) is 0. The molecule has 0 rings (SSSR count). The predicted molar refractivity (Wildman–Crippen MR) is 62.8 cm³/mol. The first kappa shape index (κ1) is 13.6.